The summed E-state index contributed by atoms with van der Waals surface area (Å²) < 4.78 is 37.9. The van der Waals surface area contributed by atoms with Crippen LogP contribution in [-0.2, 0) is 18.4 Å². The van der Waals surface area contributed by atoms with Crippen LogP contribution in [0.25, 0.3) is 0 Å². The smallest absolute Gasteiger partial charge is 0.401 e. The van der Waals surface area contributed by atoms with Gasteiger partial charge in [-0.15, -0.1) is 5.10 Å². The molecule has 0 atom stereocenters. The van der Waals surface area contributed by atoms with Crippen LogP contribution in [0, 0.1) is 0 Å². The van der Waals surface area contributed by atoms with Crippen molar-refractivity contribution in [1.29, 1.82) is 0 Å². The normalized spacial score (nSPS) is 12.1. The van der Waals surface area contributed by atoms with E-state index in [-0.39, 0.29) is 12.2 Å². The van der Waals surface area contributed by atoms with E-state index in [1.807, 2.05) is 0 Å². The van der Waals surface area contributed by atoms with Gasteiger partial charge in [0.25, 0.3) is 0 Å². The number of halogens is 3. The number of nitrogens with zero attached hydrogens (tertiary/aromatic N) is 4. The lowest BCUT2D eigenvalue weighted by molar-refractivity contribution is -0.155. The second-order valence-corrected chi connectivity index (χ2v) is 3.54. The minimum absolute atomic E-state index is 0.209. The molecule has 0 bridgehead atoms. The van der Waals surface area contributed by atoms with Crippen molar-refractivity contribution in [3.05, 3.63) is 11.9 Å². The van der Waals surface area contributed by atoms with Crippen molar-refractivity contribution in [2.45, 2.75) is 12.7 Å². The van der Waals surface area contributed by atoms with E-state index in [2.05, 4.69) is 10.3 Å². The third-order valence-corrected chi connectivity index (χ3v) is 1.80. The first-order valence-electron chi connectivity index (χ1n) is 4.62. The molecule has 0 saturated carbocycles. The van der Waals surface area contributed by atoms with Crippen LogP contribution in [0.5, 0.6) is 0 Å². The summed E-state index contributed by atoms with van der Waals surface area (Å²) in [7, 11) is 1.57. The summed E-state index contributed by atoms with van der Waals surface area (Å²) in [5.41, 5.74) is 0.290. The van der Waals surface area contributed by atoms with Gasteiger partial charge in [-0.25, -0.2) is 0 Å². The number of aryl methyl sites for hydroxylation is 1. The summed E-state index contributed by atoms with van der Waals surface area (Å²) in [5, 5.41) is 15.7. The summed E-state index contributed by atoms with van der Waals surface area (Å²) in [4.78, 5) is 11.2. The fraction of sp³-hybridized carbons (Fsp3) is 0.625. The topological polar surface area (TPSA) is 71.2 Å². The minimum atomic E-state index is -4.45. The van der Waals surface area contributed by atoms with Crippen LogP contribution < -0.4 is 0 Å². The van der Waals surface area contributed by atoms with Crippen molar-refractivity contribution in [3.8, 4) is 0 Å². The van der Waals surface area contributed by atoms with Crippen molar-refractivity contribution in [2.75, 3.05) is 13.1 Å². The van der Waals surface area contributed by atoms with Crippen molar-refractivity contribution >= 4 is 5.97 Å². The summed E-state index contributed by atoms with van der Waals surface area (Å²) >= 11 is 0. The summed E-state index contributed by atoms with van der Waals surface area (Å²) in [6, 6.07) is 0. The third kappa shape index (κ3) is 5.29. The molecule has 9 heteroatoms. The van der Waals surface area contributed by atoms with Crippen LogP contribution >= 0.6 is 0 Å². The van der Waals surface area contributed by atoms with Gasteiger partial charge < -0.3 is 5.11 Å². The van der Waals surface area contributed by atoms with Crippen molar-refractivity contribution in [2.24, 2.45) is 7.05 Å². The number of hydrogen-bond acceptors (Lipinski definition) is 4. The average molecular weight is 252 g/mol. The van der Waals surface area contributed by atoms with Gasteiger partial charge in [0.05, 0.1) is 18.8 Å². The number of aromatic nitrogens is 3. The lowest BCUT2D eigenvalue weighted by Crippen LogP contribution is -2.37. The molecule has 0 radical (unpaired) electrons. The molecule has 1 rings (SSSR count). The second kappa shape index (κ2) is 5.13. The Balaban J connectivity index is 2.66. The van der Waals surface area contributed by atoms with Crippen LogP contribution in [-0.4, -0.2) is 50.2 Å². The molecule has 1 aromatic heterocycles. The SMILES string of the molecule is Cn1cc(CN(CC(=O)O)CC(F)(F)F)nn1. The number of aliphatic carboxylic acids is 1. The Kier molecular flexibility index (Phi) is 4.05. The fourth-order valence-corrected chi connectivity index (χ4v) is 1.31. The molecule has 1 heterocycles. The van der Waals surface area contributed by atoms with Crippen LogP contribution in [0.4, 0.5) is 13.2 Å². The number of rotatable bonds is 5. The summed E-state index contributed by atoms with van der Waals surface area (Å²) in [5.74, 6) is -1.32. The molecule has 0 amide bonds. The quantitative estimate of drug-likeness (QED) is 0.814. The highest BCUT2D eigenvalue weighted by Gasteiger charge is 2.31. The Hall–Kier alpha value is -1.64. The Morgan fingerprint density at radius 3 is 2.65 bits per heavy atom. The minimum Gasteiger partial charge on any atom is -0.480 e. The molecule has 0 aromatic carbocycles. The molecule has 0 aliphatic heterocycles. The number of alkyl halides is 3. The molecule has 96 valence electrons. The maximum atomic E-state index is 12.2. The number of carboxylic acids is 1. The van der Waals surface area contributed by atoms with Gasteiger partial charge in [-0.1, -0.05) is 5.21 Å². The van der Waals surface area contributed by atoms with Gasteiger partial charge in [-0.3, -0.25) is 14.4 Å². The molecule has 1 aromatic rings. The van der Waals surface area contributed by atoms with Crippen molar-refractivity contribution < 1.29 is 23.1 Å². The van der Waals surface area contributed by atoms with Gasteiger partial charge in [0, 0.05) is 19.8 Å². The Morgan fingerprint density at radius 2 is 2.24 bits per heavy atom. The average Bonchev–Trinajstić information content (AvgIpc) is 2.46. The molecular formula is C8H11F3N4O2. The maximum absolute atomic E-state index is 12.2. The zero-order valence-electron chi connectivity index (χ0n) is 8.98. The number of hydrogen-bond donors (Lipinski definition) is 1. The van der Waals surface area contributed by atoms with Crippen LogP contribution in [0.15, 0.2) is 6.20 Å². The Labute approximate surface area is 94.6 Å². The molecular weight excluding hydrogens is 241 g/mol. The fourth-order valence-electron chi connectivity index (χ4n) is 1.31. The van der Waals surface area contributed by atoms with Crippen LogP contribution in [0.2, 0.25) is 0 Å². The number of carbonyl (C=O) groups is 1. The van der Waals surface area contributed by atoms with Crippen molar-refractivity contribution in [1.82, 2.24) is 19.9 Å². The molecule has 0 unspecified atom stereocenters. The van der Waals surface area contributed by atoms with Gasteiger partial charge in [-0.05, 0) is 0 Å². The van der Waals surface area contributed by atoms with Crippen LogP contribution in [0.3, 0.4) is 0 Å². The largest absolute Gasteiger partial charge is 0.480 e. The monoisotopic (exact) mass is 252 g/mol. The first-order chi connectivity index (χ1) is 7.76. The lowest BCUT2D eigenvalue weighted by Gasteiger charge is -2.20. The van der Waals surface area contributed by atoms with Gasteiger partial charge in [0.2, 0.25) is 0 Å². The van der Waals surface area contributed by atoms with Crippen LogP contribution in [0.1, 0.15) is 5.69 Å². The van der Waals surface area contributed by atoms with Gasteiger partial charge >= 0.3 is 12.1 Å². The molecule has 6 nitrogen and oxygen atoms in total. The first kappa shape index (κ1) is 13.4. The number of carboxylic acid groups (broad SMARTS) is 1. The highest BCUT2D eigenvalue weighted by molar-refractivity contribution is 5.69. The van der Waals surface area contributed by atoms with E-state index < -0.39 is 25.2 Å². The summed E-state index contributed by atoms with van der Waals surface area (Å²) in [6.07, 6.45) is -3.01. The Bertz CT molecular complexity index is 390. The van der Waals surface area contributed by atoms with E-state index in [0.717, 1.165) is 4.90 Å². The molecule has 0 aliphatic rings. The molecule has 0 spiro atoms. The molecule has 1 N–H and O–H groups in total. The zero-order chi connectivity index (χ0) is 13.1. The molecule has 0 saturated heterocycles. The predicted octanol–water partition coefficient (Wildman–Crippen LogP) is 0.264. The third-order valence-electron chi connectivity index (χ3n) is 1.80. The van der Waals surface area contributed by atoms with E-state index in [1.54, 1.807) is 7.05 Å². The standard InChI is InChI=1S/C8H11F3N4O2/c1-14-2-6(12-13-14)3-15(4-7(16)17)5-8(9,10)11/h2H,3-5H2,1H3,(H,16,17). The summed E-state index contributed by atoms with van der Waals surface area (Å²) in [6.45, 7) is -2.20. The van der Waals surface area contributed by atoms with Crippen molar-refractivity contribution in [3.63, 3.8) is 0 Å². The highest BCUT2D eigenvalue weighted by atomic mass is 19.4. The van der Waals surface area contributed by atoms with E-state index in [0.29, 0.717) is 0 Å². The highest BCUT2D eigenvalue weighted by Crippen LogP contribution is 2.17. The lowest BCUT2D eigenvalue weighted by atomic mass is 10.4. The van der Waals surface area contributed by atoms with Gasteiger partial charge in [0.15, 0.2) is 0 Å². The molecule has 0 aliphatic carbocycles. The second-order valence-electron chi connectivity index (χ2n) is 3.54. The van der Waals surface area contributed by atoms with E-state index in [9.17, 15) is 18.0 Å². The van der Waals surface area contributed by atoms with Gasteiger partial charge in [-0.2, -0.15) is 13.2 Å². The zero-order valence-corrected chi connectivity index (χ0v) is 8.98. The first-order valence-corrected chi connectivity index (χ1v) is 4.62. The van der Waals surface area contributed by atoms with E-state index in [4.69, 9.17) is 5.11 Å². The Morgan fingerprint density at radius 1 is 1.59 bits per heavy atom. The van der Waals surface area contributed by atoms with Gasteiger partial charge in [0.1, 0.15) is 0 Å². The molecule has 0 fully saturated rings. The maximum Gasteiger partial charge on any atom is 0.401 e. The predicted molar refractivity (Wildman–Crippen MR) is 50.0 cm³/mol. The van der Waals surface area contributed by atoms with E-state index in [1.165, 1.54) is 10.9 Å². The van der Waals surface area contributed by atoms with E-state index >= 15 is 0 Å². The molecule has 17 heavy (non-hydrogen) atoms.